The van der Waals surface area contributed by atoms with Crippen molar-refractivity contribution >= 4 is 27.8 Å². The van der Waals surface area contributed by atoms with Crippen molar-refractivity contribution in [1.29, 1.82) is 0 Å². The molecule has 0 saturated carbocycles. The van der Waals surface area contributed by atoms with E-state index in [2.05, 4.69) is 0 Å². The highest BCUT2D eigenvalue weighted by Crippen LogP contribution is 2.36. The molecule has 1 fully saturated rings. The number of halogens is 2. The van der Waals surface area contributed by atoms with E-state index in [0.29, 0.717) is 25.9 Å². The molecule has 7 nitrogen and oxygen atoms in total. The van der Waals surface area contributed by atoms with Crippen LogP contribution in [0.3, 0.4) is 0 Å². The fourth-order valence-corrected chi connectivity index (χ4v) is 3.88. The van der Waals surface area contributed by atoms with E-state index < -0.39 is 33.7 Å². The summed E-state index contributed by atoms with van der Waals surface area (Å²) in [5.74, 6) is -0.819. The molecule has 1 aromatic rings. The molecular weight excluding hydrogens is 437 g/mol. The topological polar surface area (TPSA) is 82.1 Å². The summed E-state index contributed by atoms with van der Waals surface area (Å²) in [4.78, 5) is 14.1. The van der Waals surface area contributed by atoms with Gasteiger partial charge in [-0.05, 0) is 39.7 Å². The zero-order valence-corrected chi connectivity index (χ0v) is 19.3. The van der Waals surface area contributed by atoms with Crippen molar-refractivity contribution in [3.63, 3.8) is 0 Å². The summed E-state index contributed by atoms with van der Waals surface area (Å²) < 4.78 is 53.1. The smallest absolute Gasteiger partial charge is 0.410 e. The van der Waals surface area contributed by atoms with Gasteiger partial charge in [-0.2, -0.15) is 8.42 Å². The van der Waals surface area contributed by atoms with Crippen molar-refractivity contribution in [3.8, 4) is 0 Å². The number of ether oxygens (including phenoxy) is 2. The third-order valence-corrected chi connectivity index (χ3v) is 5.39. The number of piperidine rings is 1. The fraction of sp³-hybridized carbons (Fsp3) is 0.650. The van der Waals surface area contributed by atoms with E-state index in [1.165, 1.54) is 6.07 Å². The molecule has 0 bridgehead atoms. The lowest BCUT2D eigenvalue weighted by Crippen LogP contribution is -2.44. The summed E-state index contributed by atoms with van der Waals surface area (Å²) in [6, 6.07) is 4.65. The third-order valence-electron chi connectivity index (χ3n) is 4.50. The monoisotopic (exact) mass is 465 g/mol. The number of nitrogens with zero attached hydrogens (tertiary/aromatic N) is 1. The highest BCUT2D eigenvalue weighted by Gasteiger charge is 2.34. The number of hydrogen-bond acceptors (Lipinski definition) is 6. The van der Waals surface area contributed by atoms with Crippen molar-refractivity contribution in [2.45, 2.75) is 45.3 Å². The molecule has 170 valence electrons. The van der Waals surface area contributed by atoms with Gasteiger partial charge in [0, 0.05) is 24.6 Å². The van der Waals surface area contributed by atoms with Crippen LogP contribution in [0.15, 0.2) is 18.2 Å². The molecule has 0 aromatic heterocycles. The number of amides is 1. The Balaban J connectivity index is 2.18. The van der Waals surface area contributed by atoms with E-state index in [4.69, 9.17) is 25.3 Å². The molecule has 1 unspecified atom stereocenters. The molecule has 2 rings (SSSR count). The van der Waals surface area contributed by atoms with Crippen LogP contribution in [0.25, 0.3) is 0 Å². The third kappa shape index (κ3) is 7.68. The zero-order chi connectivity index (χ0) is 22.5. The molecule has 0 spiro atoms. The number of rotatable bonds is 7. The average Bonchev–Trinajstić information content (AvgIpc) is 2.62. The lowest BCUT2D eigenvalue weighted by atomic mass is 9.88. The maximum Gasteiger partial charge on any atom is 0.410 e. The van der Waals surface area contributed by atoms with Gasteiger partial charge in [0.15, 0.2) is 0 Å². The average molecular weight is 466 g/mol. The van der Waals surface area contributed by atoms with Gasteiger partial charge >= 0.3 is 6.09 Å². The van der Waals surface area contributed by atoms with Crippen LogP contribution in [-0.4, -0.2) is 57.6 Å². The Bertz CT molecular complexity index is 842. The van der Waals surface area contributed by atoms with Crippen LogP contribution >= 0.6 is 11.6 Å². The van der Waals surface area contributed by atoms with Crippen molar-refractivity contribution in [2.24, 2.45) is 5.92 Å². The van der Waals surface area contributed by atoms with E-state index in [-0.39, 0.29) is 29.7 Å². The maximum absolute atomic E-state index is 14.7. The van der Waals surface area contributed by atoms with Gasteiger partial charge in [-0.15, -0.1) is 0 Å². The summed E-state index contributed by atoms with van der Waals surface area (Å²) >= 11 is 5.95. The Hall–Kier alpha value is -1.42. The van der Waals surface area contributed by atoms with Gasteiger partial charge in [0.25, 0.3) is 10.1 Å². The fourth-order valence-electron chi connectivity index (χ4n) is 3.33. The molecule has 1 saturated heterocycles. The Morgan fingerprint density at radius 3 is 2.67 bits per heavy atom. The highest BCUT2D eigenvalue weighted by molar-refractivity contribution is 7.85. The lowest BCUT2D eigenvalue weighted by molar-refractivity contribution is -0.0335. The molecule has 2 atom stereocenters. The van der Waals surface area contributed by atoms with Crippen LogP contribution < -0.4 is 0 Å². The second kappa shape index (κ2) is 10.3. The van der Waals surface area contributed by atoms with Crippen molar-refractivity contribution in [2.75, 3.05) is 32.6 Å². The Morgan fingerprint density at radius 1 is 1.33 bits per heavy atom. The van der Waals surface area contributed by atoms with Gasteiger partial charge in [0.2, 0.25) is 0 Å². The molecule has 30 heavy (non-hydrogen) atoms. The minimum atomic E-state index is -3.61. The predicted octanol–water partition coefficient (Wildman–Crippen LogP) is 4.16. The van der Waals surface area contributed by atoms with Gasteiger partial charge in [-0.1, -0.05) is 23.7 Å². The molecule has 0 radical (unpaired) electrons. The SMILES string of the molecule is CC(C)(C)OC(=O)N1CCCC([C@@H](OCCOS(C)(=O)=O)c2cccc(Cl)c2F)C1. The largest absolute Gasteiger partial charge is 0.444 e. The highest BCUT2D eigenvalue weighted by atomic mass is 35.5. The Labute approximate surface area is 182 Å². The first kappa shape index (κ1) is 24.8. The number of carbonyl (C=O) groups is 1. The molecule has 1 heterocycles. The Morgan fingerprint density at radius 2 is 2.03 bits per heavy atom. The second-order valence-electron chi connectivity index (χ2n) is 8.29. The number of hydrogen-bond donors (Lipinski definition) is 0. The van der Waals surface area contributed by atoms with Crippen LogP contribution in [0.4, 0.5) is 9.18 Å². The molecule has 0 N–H and O–H groups in total. The standard InChI is InChI=1S/C20H29ClFNO6S/c1-20(2,3)29-19(24)23-10-6-7-14(13-23)18(27-11-12-28-30(4,25)26)15-8-5-9-16(21)17(15)22/h5,8-9,14,18H,6-7,10-13H2,1-4H3/t14?,18-/m1/s1. The van der Waals surface area contributed by atoms with Gasteiger partial charge in [-0.25, -0.2) is 9.18 Å². The van der Waals surface area contributed by atoms with Gasteiger partial charge in [0.05, 0.1) is 30.6 Å². The normalized spacial score (nSPS) is 18.9. The van der Waals surface area contributed by atoms with E-state index in [0.717, 1.165) is 6.26 Å². The molecule has 1 aliphatic heterocycles. The first-order valence-corrected chi connectivity index (χ1v) is 11.9. The molecule has 1 aliphatic rings. The van der Waals surface area contributed by atoms with Crippen molar-refractivity contribution in [1.82, 2.24) is 4.90 Å². The van der Waals surface area contributed by atoms with Gasteiger partial charge in [-0.3, -0.25) is 4.18 Å². The van der Waals surface area contributed by atoms with E-state index in [1.807, 2.05) is 0 Å². The molecular formula is C20H29ClFNO6S. The summed E-state index contributed by atoms with van der Waals surface area (Å²) in [5, 5.41) is -0.0340. The minimum absolute atomic E-state index is 0.0340. The number of likely N-dealkylation sites (tertiary alicyclic amines) is 1. The van der Waals surface area contributed by atoms with E-state index in [9.17, 15) is 17.6 Å². The van der Waals surface area contributed by atoms with Crippen molar-refractivity contribution in [3.05, 3.63) is 34.6 Å². The zero-order valence-electron chi connectivity index (χ0n) is 17.7. The van der Waals surface area contributed by atoms with Crippen LogP contribution in [0.2, 0.25) is 5.02 Å². The summed E-state index contributed by atoms with van der Waals surface area (Å²) in [6.07, 6.45) is 1.19. The molecule has 1 aromatic carbocycles. The first-order valence-electron chi connectivity index (χ1n) is 9.75. The first-order chi connectivity index (χ1) is 13.9. The Kier molecular flexibility index (Phi) is 8.50. The summed E-state index contributed by atoms with van der Waals surface area (Å²) in [6.45, 7) is 5.97. The second-order valence-corrected chi connectivity index (χ2v) is 10.3. The van der Waals surface area contributed by atoms with Crippen LogP contribution in [0.1, 0.15) is 45.3 Å². The van der Waals surface area contributed by atoms with E-state index >= 15 is 0 Å². The van der Waals surface area contributed by atoms with Crippen LogP contribution in [0, 0.1) is 11.7 Å². The number of carbonyl (C=O) groups excluding carboxylic acids is 1. The van der Waals surface area contributed by atoms with Crippen LogP contribution in [0.5, 0.6) is 0 Å². The predicted molar refractivity (Wildman–Crippen MR) is 111 cm³/mol. The van der Waals surface area contributed by atoms with E-state index in [1.54, 1.807) is 37.8 Å². The number of benzene rings is 1. The van der Waals surface area contributed by atoms with Gasteiger partial charge < -0.3 is 14.4 Å². The minimum Gasteiger partial charge on any atom is -0.444 e. The summed E-state index contributed by atoms with van der Waals surface area (Å²) in [7, 11) is -3.61. The van der Waals surface area contributed by atoms with Crippen LogP contribution in [-0.2, 0) is 23.8 Å². The van der Waals surface area contributed by atoms with Gasteiger partial charge in [0.1, 0.15) is 11.4 Å². The lowest BCUT2D eigenvalue weighted by Gasteiger charge is -2.37. The molecule has 10 heteroatoms. The molecule has 1 amide bonds. The molecule has 0 aliphatic carbocycles. The maximum atomic E-state index is 14.7. The summed E-state index contributed by atoms with van der Waals surface area (Å²) in [5.41, 5.74) is -0.361. The quantitative estimate of drug-likeness (QED) is 0.444. The van der Waals surface area contributed by atoms with Crippen molar-refractivity contribution < 1.29 is 31.3 Å².